The molecule has 7 nitrogen and oxygen atoms in total. The van der Waals surface area contributed by atoms with Crippen molar-refractivity contribution in [3.63, 3.8) is 0 Å². The average molecular weight is 362 g/mol. The molecule has 0 atom stereocenters. The molecule has 25 heavy (non-hydrogen) atoms. The van der Waals surface area contributed by atoms with E-state index in [0.29, 0.717) is 6.42 Å². The highest BCUT2D eigenvalue weighted by Gasteiger charge is 2.21. The normalized spacial score (nSPS) is 11.1. The number of hydrogen-bond donors (Lipinski definition) is 1. The molecule has 2 rings (SSSR count). The van der Waals surface area contributed by atoms with Crippen LogP contribution in [0.25, 0.3) is 0 Å². The van der Waals surface area contributed by atoms with E-state index in [1.54, 1.807) is 0 Å². The van der Waals surface area contributed by atoms with Gasteiger partial charge >= 0.3 is 0 Å². The number of nitro benzene ring substituents is 1. The molecule has 0 aliphatic carbocycles. The summed E-state index contributed by atoms with van der Waals surface area (Å²) in [6.45, 7) is 3.38. The van der Waals surface area contributed by atoms with Crippen LogP contribution in [0.4, 0.5) is 5.69 Å². The number of non-ortho nitro benzene ring substituents is 1. The summed E-state index contributed by atoms with van der Waals surface area (Å²) in [6, 6.07) is 11.0. The summed E-state index contributed by atoms with van der Waals surface area (Å²) in [5.74, 6) is -0.626. The lowest BCUT2D eigenvalue weighted by atomic mass is 10.1. The highest BCUT2D eigenvalue weighted by molar-refractivity contribution is 7.90. The fourth-order valence-electron chi connectivity index (χ4n) is 2.43. The molecule has 0 aliphatic heterocycles. The molecular weight excluding hydrogens is 344 g/mol. The van der Waals surface area contributed by atoms with E-state index in [4.69, 9.17) is 0 Å². The van der Waals surface area contributed by atoms with Crippen LogP contribution in [-0.4, -0.2) is 19.2 Å². The van der Waals surface area contributed by atoms with E-state index in [9.17, 15) is 23.3 Å². The zero-order valence-electron chi connectivity index (χ0n) is 13.9. The first-order valence-corrected chi connectivity index (χ1v) is 9.03. The number of carbonyl (C=O) groups is 1. The molecule has 0 saturated heterocycles. The van der Waals surface area contributed by atoms with Gasteiger partial charge in [0.25, 0.3) is 15.7 Å². The SMILES string of the molecule is Cc1cccc(CCC(=O)NS(=O)(=O)c2ccc([N+](=O)[O-])cc2C)c1. The number of carbonyl (C=O) groups excluding carboxylic acids is 1. The Labute approximate surface area is 145 Å². The van der Waals surface area contributed by atoms with Gasteiger partial charge in [-0.2, -0.15) is 0 Å². The molecule has 0 heterocycles. The van der Waals surface area contributed by atoms with Crippen LogP contribution in [0.5, 0.6) is 0 Å². The van der Waals surface area contributed by atoms with Crippen LogP contribution in [0.1, 0.15) is 23.1 Å². The number of nitrogens with zero attached hydrogens (tertiary/aromatic N) is 1. The molecule has 0 aliphatic rings. The Balaban J connectivity index is 2.07. The predicted octanol–water partition coefficient (Wildman–Crippen LogP) is 2.65. The van der Waals surface area contributed by atoms with E-state index >= 15 is 0 Å². The average Bonchev–Trinajstić information content (AvgIpc) is 2.52. The quantitative estimate of drug-likeness (QED) is 0.628. The van der Waals surface area contributed by atoms with Crippen LogP contribution in [0.15, 0.2) is 47.4 Å². The van der Waals surface area contributed by atoms with Gasteiger partial charge < -0.3 is 0 Å². The summed E-state index contributed by atoms with van der Waals surface area (Å²) in [6.07, 6.45) is 0.441. The summed E-state index contributed by atoms with van der Waals surface area (Å²) in [5, 5.41) is 10.7. The molecular formula is C17H18N2O5S. The Bertz CT molecular complexity index is 922. The van der Waals surface area contributed by atoms with E-state index in [2.05, 4.69) is 0 Å². The Hall–Kier alpha value is -2.74. The van der Waals surface area contributed by atoms with Crippen molar-refractivity contribution in [3.8, 4) is 0 Å². The van der Waals surface area contributed by atoms with Crippen molar-refractivity contribution in [2.45, 2.75) is 31.6 Å². The number of benzene rings is 2. The van der Waals surface area contributed by atoms with Crippen molar-refractivity contribution in [1.82, 2.24) is 4.72 Å². The monoisotopic (exact) mass is 362 g/mol. The smallest absolute Gasteiger partial charge is 0.269 e. The highest BCUT2D eigenvalue weighted by atomic mass is 32.2. The van der Waals surface area contributed by atoms with Gasteiger partial charge in [0.1, 0.15) is 0 Å². The maximum Gasteiger partial charge on any atom is 0.269 e. The molecule has 2 aromatic carbocycles. The Morgan fingerprint density at radius 3 is 2.48 bits per heavy atom. The van der Waals surface area contributed by atoms with Crippen LogP contribution < -0.4 is 4.72 Å². The van der Waals surface area contributed by atoms with Crippen molar-refractivity contribution < 1.29 is 18.1 Å². The van der Waals surface area contributed by atoms with E-state index in [1.165, 1.54) is 6.92 Å². The van der Waals surface area contributed by atoms with Crippen molar-refractivity contribution in [1.29, 1.82) is 0 Å². The lowest BCUT2D eigenvalue weighted by Gasteiger charge is -2.09. The molecule has 0 radical (unpaired) electrons. The first-order valence-electron chi connectivity index (χ1n) is 7.55. The first kappa shape index (κ1) is 18.6. The summed E-state index contributed by atoms with van der Waals surface area (Å²) in [5.41, 5.74) is 2.00. The third kappa shape index (κ3) is 4.87. The minimum Gasteiger partial charge on any atom is -0.274 e. The van der Waals surface area contributed by atoms with E-state index in [0.717, 1.165) is 29.3 Å². The summed E-state index contributed by atoms with van der Waals surface area (Å²) in [7, 11) is -4.07. The van der Waals surface area contributed by atoms with Gasteiger partial charge in [-0.05, 0) is 37.5 Å². The van der Waals surface area contributed by atoms with Crippen LogP contribution in [0.2, 0.25) is 0 Å². The summed E-state index contributed by atoms with van der Waals surface area (Å²) in [4.78, 5) is 21.9. The van der Waals surface area contributed by atoms with E-state index in [-0.39, 0.29) is 22.6 Å². The molecule has 0 saturated carbocycles. The molecule has 1 amide bonds. The minimum absolute atomic E-state index is 0.0225. The topological polar surface area (TPSA) is 106 Å². The molecule has 0 aromatic heterocycles. The standard InChI is InChI=1S/C17H18N2O5S/c1-12-4-3-5-14(10-12)6-9-17(20)18-25(23,24)16-8-7-15(19(21)22)11-13(16)2/h3-5,7-8,10-11H,6,9H2,1-2H3,(H,18,20). The van der Waals surface area contributed by atoms with Gasteiger partial charge in [-0.1, -0.05) is 29.8 Å². The lowest BCUT2D eigenvalue weighted by molar-refractivity contribution is -0.385. The molecule has 0 bridgehead atoms. The number of aryl methyl sites for hydroxylation is 3. The maximum absolute atomic E-state index is 12.3. The predicted molar refractivity (Wildman–Crippen MR) is 92.7 cm³/mol. The van der Waals surface area contributed by atoms with E-state index < -0.39 is 20.9 Å². The Morgan fingerprint density at radius 2 is 1.88 bits per heavy atom. The first-order chi connectivity index (χ1) is 11.7. The number of nitrogens with one attached hydrogen (secondary N) is 1. The number of nitro groups is 1. The molecule has 0 unspecified atom stereocenters. The fourth-order valence-corrected chi connectivity index (χ4v) is 3.67. The fraction of sp³-hybridized carbons (Fsp3) is 0.235. The second-order valence-corrected chi connectivity index (χ2v) is 7.38. The number of rotatable bonds is 6. The van der Waals surface area contributed by atoms with Crippen molar-refractivity contribution in [2.75, 3.05) is 0 Å². The lowest BCUT2D eigenvalue weighted by Crippen LogP contribution is -2.31. The Kier molecular flexibility index (Phi) is 5.53. The van der Waals surface area contributed by atoms with Gasteiger partial charge in [0.2, 0.25) is 5.91 Å². The minimum atomic E-state index is -4.07. The summed E-state index contributed by atoms with van der Waals surface area (Å²) >= 11 is 0. The highest BCUT2D eigenvalue weighted by Crippen LogP contribution is 2.21. The molecule has 1 N–H and O–H groups in total. The van der Waals surface area contributed by atoms with Gasteiger partial charge in [-0.15, -0.1) is 0 Å². The molecule has 132 valence electrons. The largest absolute Gasteiger partial charge is 0.274 e. The maximum atomic E-state index is 12.3. The van der Waals surface area contributed by atoms with Gasteiger partial charge in [0.05, 0.1) is 9.82 Å². The van der Waals surface area contributed by atoms with Crippen molar-refractivity contribution in [2.24, 2.45) is 0 Å². The number of amides is 1. The molecule has 2 aromatic rings. The van der Waals surface area contributed by atoms with Crippen LogP contribution in [-0.2, 0) is 21.2 Å². The van der Waals surface area contributed by atoms with Crippen LogP contribution in [0, 0.1) is 24.0 Å². The number of hydrogen-bond acceptors (Lipinski definition) is 5. The Morgan fingerprint density at radius 1 is 1.16 bits per heavy atom. The van der Waals surface area contributed by atoms with E-state index in [1.807, 2.05) is 35.9 Å². The van der Waals surface area contributed by atoms with Gasteiger partial charge in [0.15, 0.2) is 0 Å². The van der Waals surface area contributed by atoms with Crippen molar-refractivity contribution in [3.05, 3.63) is 69.3 Å². The van der Waals surface area contributed by atoms with Crippen LogP contribution >= 0.6 is 0 Å². The van der Waals surface area contributed by atoms with Gasteiger partial charge in [-0.3, -0.25) is 14.9 Å². The molecule has 8 heteroatoms. The molecule has 0 spiro atoms. The van der Waals surface area contributed by atoms with Crippen LogP contribution in [0.3, 0.4) is 0 Å². The zero-order valence-corrected chi connectivity index (χ0v) is 14.7. The third-order valence-electron chi connectivity index (χ3n) is 3.63. The van der Waals surface area contributed by atoms with Crippen molar-refractivity contribution >= 4 is 21.6 Å². The second-order valence-electron chi connectivity index (χ2n) is 5.72. The van der Waals surface area contributed by atoms with Gasteiger partial charge in [0, 0.05) is 18.6 Å². The molecule has 0 fully saturated rings. The zero-order chi connectivity index (χ0) is 18.6. The third-order valence-corrected chi connectivity index (χ3v) is 5.16. The second kappa shape index (κ2) is 7.43. The number of sulfonamides is 1. The summed E-state index contributed by atoms with van der Waals surface area (Å²) < 4.78 is 26.6. The van der Waals surface area contributed by atoms with Gasteiger partial charge in [-0.25, -0.2) is 13.1 Å².